The van der Waals surface area contributed by atoms with Gasteiger partial charge in [-0.2, -0.15) is 0 Å². The van der Waals surface area contributed by atoms with Crippen molar-refractivity contribution in [2.45, 2.75) is 12.8 Å². The maximum atomic E-state index is 5.05. The standard InChI is InChI=1S/C10H12OS/c1-11-10-6-4-9(5-7-10)3-2-8-12/h4-8H,2-3H2,1H3. The van der Waals surface area contributed by atoms with E-state index in [1.165, 1.54) is 5.56 Å². The zero-order valence-corrected chi connectivity index (χ0v) is 7.93. The molecule has 64 valence electrons. The van der Waals surface area contributed by atoms with Gasteiger partial charge in [-0.3, -0.25) is 0 Å². The van der Waals surface area contributed by atoms with E-state index in [2.05, 4.69) is 12.1 Å². The maximum absolute atomic E-state index is 5.05. The van der Waals surface area contributed by atoms with Crippen LogP contribution in [-0.4, -0.2) is 12.5 Å². The van der Waals surface area contributed by atoms with Crippen LogP contribution in [0, 0.1) is 0 Å². The Bertz CT molecular complexity index is 241. The molecule has 1 nitrogen and oxygen atoms in total. The van der Waals surface area contributed by atoms with Crippen molar-refractivity contribution >= 4 is 17.6 Å². The van der Waals surface area contributed by atoms with E-state index in [1.807, 2.05) is 12.1 Å². The zero-order chi connectivity index (χ0) is 8.81. The van der Waals surface area contributed by atoms with Crippen LogP contribution in [0.25, 0.3) is 0 Å². The van der Waals surface area contributed by atoms with Crippen LogP contribution in [0.4, 0.5) is 0 Å². The van der Waals surface area contributed by atoms with Gasteiger partial charge in [0.25, 0.3) is 0 Å². The second-order valence-electron chi connectivity index (χ2n) is 2.55. The predicted molar refractivity (Wildman–Crippen MR) is 55.0 cm³/mol. The van der Waals surface area contributed by atoms with Gasteiger partial charge in [0.15, 0.2) is 0 Å². The van der Waals surface area contributed by atoms with E-state index in [0.717, 1.165) is 18.6 Å². The Morgan fingerprint density at radius 3 is 2.50 bits per heavy atom. The maximum Gasteiger partial charge on any atom is 0.118 e. The lowest BCUT2D eigenvalue weighted by Crippen LogP contribution is -1.86. The summed E-state index contributed by atoms with van der Waals surface area (Å²) in [4.78, 5) is 0. The molecule has 1 aromatic rings. The summed E-state index contributed by atoms with van der Waals surface area (Å²) in [6.07, 6.45) is 1.98. The minimum absolute atomic E-state index is 0.904. The fourth-order valence-electron chi connectivity index (χ4n) is 1.02. The topological polar surface area (TPSA) is 9.23 Å². The Morgan fingerprint density at radius 2 is 2.00 bits per heavy atom. The van der Waals surface area contributed by atoms with Gasteiger partial charge in [0.05, 0.1) is 7.11 Å². The number of aryl methyl sites for hydroxylation is 1. The van der Waals surface area contributed by atoms with Crippen LogP contribution in [0.3, 0.4) is 0 Å². The molecule has 0 unspecified atom stereocenters. The van der Waals surface area contributed by atoms with Crippen LogP contribution < -0.4 is 4.74 Å². The summed E-state index contributed by atoms with van der Waals surface area (Å²) in [5, 5.41) is 1.77. The lowest BCUT2D eigenvalue weighted by Gasteiger charge is -2.00. The number of methoxy groups -OCH3 is 1. The Hall–Kier alpha value is -0.890. The third-order valence-corrected chi connectivity index (χ3v) is 1.95. The molecule has 1 rings (SSSR count). The molecular weight excluding hydrogens is 168 g/mol. The van der Waals surface area contributed by atoms with Gasteiger partial charge in [-0.15, -0.1) is 0 Å². The number of rotatable bonds is 4. The number of benzene rings is 1. The summed E-state index contributed by atoms with van der Waals surface area (Å²) in [5.74, 6) is 0.904. The van der Waals surface area contributed by atoms with Crippen molar-refractivity contribution in [2.24, 2.45) is 0 Å². The van der Waals surface area contributed by atoms with E-state index >= 15 is 0 Å². The first-order valence-corrected chi connectivity index (χ1v) is 4.40. The molecular formula is C10H12OS. The van der Waals surface area contributed by atoms with Gasteiger partial charge in [0.1, 0.15) is 5.75 Å². The minimum Gasteiger partial charge on any atom is -0.497 e. The van der Waals surface area contributed by atoms with Crippen molar-refractivity contribution in [1.29, 1.82) is 0 Å². The first kappa shape index (κ1) is 9.20. The van der Waals surface area contributed by atoms with Crippen molar-refractivity contribution in [1.82, 2.24) is 0 Å². The zero-order valence-electron chi connectivity index (χ0n) is 7.12. The van der Waals surface area contributed by atoms with Crippen molar-refractivity contribution in [2.75, 3.05) is 7.11 Å². The van der Waals surface area contributed by atoms with E-state index in [4.69, 9.17) is 17.0 Å². The molecule has 0 radical (unpaired) electrons. The van der Waals surface area contributed by atoms with Gasteiger partial charge in [-0.25, -0.2) is 0 Å². The second-order valence-corrected chi connectivity index (χ2v) is 2.89. The number of hydrogen-bond acceptors (Lipinski definition) is 2. The molecule has 0 bridgehead atoms. The quantitative estimate of drug-likeness (QED) is 0.659. The highest BCUT2D eigenvalue weighted by Crippen LogP contribution is 2.11. The molecule has 2 heteroatoms. The van der Waals surface area contributed by atoms with Crippen LogP contribution in [0.5, 0.6) is 5.75 Å². The average Bonchev–Trinajstić information content (AvgIpc) is 2.15. The lowest BCUT2D eigenvalue weighted by molar-refractivity contribution is 0.414. The molecule has 0 aromatic heterocycles. The molecule has 0 saturated heterocycles. The fourth-order valence-corrected chi connectivity index (χ4v) is 1.14. The Balaban J connectivity index is 2.58. The van der Waals surface area contributed by atoms with Gasteiger partial charge in [-0.05, 0) is 35.9 Å². The van der Waals surface area contributed by atoms with Crippen LogP contribution in [0.15, 0.2) is 24.3 Å². The van der Waals surface area contributed by atoms with Crippen LogP contribution >= 0.6 is 12.2 Å². The third kappa shape index (κ3) is 2.62. The third-order valence-electron chi connectivity index (χ3n) is 1.71. The highest BCUT2D eigenvalue weighted by Gasteiger charge is 1.92. The molecule has 1 aromatic carbocycles. The van der Waals surface area contributed by atoms with Gasteiger partial charge < -0.3 is 4.74 Å². The van der Waals surface area contributed by atoms with E-state index in [1.54, 1.807) is 12.5 Å². The minimum atomic E-state index is 0.904. The lowest BCUT2D eigenvalue weighted by atomic mass is 10.1. The van der Waals surface area contributed by atoms with Gasteiger partial charge in [-0.1, -0.05) is 24.4 Å². The molecule has 0 aliphatic heterocycles. The number of hydrogen-bond donors (Lipinski definition) is 0. The molecule has 0 spiro atoms. The molecule has 0 heterocycles. The summed E-state index contributed by atoms with van der Waals surface area (Å²) < 4.78 is 5.05. The molecule has 0 fully saturated rings. The SMILES string of the molecule is COc1ccc(CCC=S)cc1. The number of thiocarbonyl (C=S) groups is 1. The summed E-state index contributed by atoms with van der Waals surface area (Å²) in [7, 11) is 1.67. The van der Waals surface area contributed by atoms with E-state index < -0.39 is 0 Å². The first-order chi connectivity index (χ1) is 5.86. The Kier molecular flexibility index (Phi) is 3.74. The molecule has 0 aliphatic rings. The molecule has 12 heavy (non-hydrogen) atoms. The largest absolute Gasteiger partial charge is 0.497 e. The van der Waals surface area contributed by atoms with Crippen molar-refractivity contribution in [3.63, 3.8) is 0 Å². The van der Waals surface area contributed by atoms with E-state index in [-0.39, 0.29) is 0 Å². The molecule has 0 amide bonds. The second kappa shape index (κ2) is 4.88. The van der Waals surface area contributed by atoms with E-state index in [9.17, 15) is 0 Å². The van der Waals surface area contributed by atoms with Crippen molar-refractivity contribution in [3.05, 3.63) is 29.8 Å². The van der Waals surface area contributed by atoms with Crippen LogP contribution in [0.1, 0.15) is 12.0 Å². The van der Waals surface area contributed by atoms with Crippen molar-refractivity contribution < 1.29 is 4.74 Å². The first-order valence-electron chi connectivity index (χ1n) is 3.93. The summed E-state index contributed by atoms with van der Waals surface area (Å²) in [5.41, 5.74) is 1.30. The smallest absolute Gasteiger partial charge is 0.118 e. The summed E-state index contributed by atoms with van der Waals surface area (Å²) in [6.45, 7) is 0. The molecule has 0 aliphatic carbocycles. The average molecular weight is 180 g/mol. The fraction of sp³-hybridized carbons (Fsp3) is 0.300. The van der Waals surface area contributed by atoms with E-state index in [0.29, 0.717) is 0 Å². The van der Waals surface area contributed by atoms with Crippen molar-refractivity contribution in [3.8, 4) is 5.75 Å². The van der Waals surface area contributed by atoms with Crippen LogP contribution in [-0.2, 0) is 6.42 Å². The van der Waals surface area contributed by atoms with Gasteiger partial charge in [0.2, 0.25) is 0 Å². The highest BCUT2D eigenvalue weighted by atomic mass is 32.1. The predicted octanol–water partition coefficient (Wildman–Crippen LogP) is 2.63. The summed E-state index contributed by atoms with van der Waals surface area (Å²) >= 11 is 4.75. The molecule has 0 saturated carbocycles. The number of ether oxygens (including phenoxy) is 1. The monoisotopic (exact) mass is 180 g/mol. The normalized spacial score (nSPS) is 9.42. The van der Waals surface area contributed by atoms with Crippen LogP contribution in [0.2, 0.25) is 0 Å². The summed E-state index contributed by atoms with van der Waals surface area (Å²) in [6, 6.07) is 8.08. The molecule has 0 atom stereocenters. The highest BCUT2D eigenvalue weighted by molar-refractivity contribution is 7.78. The Morgan fingerprint density at radius 1 is 1.33 bits per heavy atom. The Labute approximate surface area is 78.4 Å². The molecule has 0 N–H and O–H groups in total. The van der Waals surface area contributed by atoms with Gasteiger partial charge >= 0.3 is 0 Å². The van der Waals surface area contributed by atoms with Gasteiger partial charge in [0, 0.05) is 0 Å².